The second kappa shape index (κ2) is 5.86. The van der Waals surface area contributed by atoms with E-state index >= 15 is 0 Å². The summed E-state index contributed by atoms with van der Waals surface area (Å²) < 4.78 is 18.7. The Bertz CT molecular complexity index is 654. The van der Waals surface area contributed by atoms with Crippen molar-refractivity contribution in [3.63, 3.8) is 0 Å². The third-order valence-electron chi connectivity index (χ3n) is 4.22. The summed E-state index contributed by atoms with van der Waals surface area (Å²) in [6.45, 7) is 0. The van der Waals surface area contributed by atoms with Gasteiger partial charge in [0.25, 0.3) is 0 Å². The first-order chi connectivity index (χ1) is 10.2. The van der Waals surface area contributed by atoms with E-state index in [-0.39, 0.29) is 17.6 Å². The van der Waals surface area contributed by atoms with Crippen LogP contribution in [0.4, 0.5) is 4.39 Å². The van der Waals surface area contributed by atoms with Crippen LogP contribution in [0.5, 0.6) is 5.75 Å². The smallest absolute Gasteiger partial charge is 0.165 e. The van der Waals surface area contributed by atoms with Gasteiger partial charge in [-0.2, -0.15) is 0 Å². The summed E-state index contributed by atoms with van der Waals surface area (Å²) in [4.78, 5) is 0. The van der Waals surface area contributed by atoms with Crippen molar-refractivity contribution in [2.75, 3.05) is 7.11 Å². The van der Waals surface area contributed by atoms with Crippen molar-refractivity contribution in [2.24, 2.45) is 5.73 Å². The molecule has 1 aliphatic carbocycles. The Morgan fingerprint density at radius 1 is 1.14 bits per heavy atom. The molecule has 3 heteroatoms. The van der Waals surface area contributed by atoms with Gasteiger partial charge in [-0.1, -0.05) is 24.3 Å². The molecule has 0 saturated carbocycles. The van der Waals surface area contributed by atoms with E-state index in [0.717, 1.165) is 18.4 Å². The normalized spacial score (nSPS) is 14.8. The van der Waals surface area contributed by atoms with Crippen molar-refractivity contribution in [3.05, 3.63) is 64.5 Å². The minimum absolute atomic E-state index is 0.204. The van der Waals surface area contributed by atoms with Crippen LogP contribution in [0.1, 0.15) is 34.7 Å². The quantitative estimate of drug-likeness (QED) is 0.932. The number of fused-ring (bicyclic) bond motifs is 1. The van der Waals surface area contributed by atoms with Gasteiger partial charge < -0.3 is 10.5 Å². The fourth-order valence-corrected chi connectivity index (χ4v) is 3.04. The van der Waals surface area contributed by atoms with Crippen molar-refractivity contribution in [3.8, 4) is 5.75 Å². The van der Waals surface area contributed by atoms with E-state index in [9.17, 15) is 4.39 Å². The minimum atomic E-state index is -0.362. The van der Waals surface area contributed by atoms with Gasteiger partial charge in [-0.05, 0) is 60.1 Å². The van der Waals surface area contributed by atoms with Crippen molar-refractivity contribution in [1.82, 2.24) is 0 Å². The third kappa shape index (κ3) is 2.93. The third-order valence-corrected chi connectivity index (χ3v) is 4.22. The van der Waals surface area contributed by atoms with E-state index in [1.165, 1.54) is 42.7 Å². The van der Waals surface area contributed by atoms with E-state index in [4.69, 9.17) is 10.5 Å². The topological polar surface area (TPSA) is 35.2 Å². The van der Waals surface area contributed by atoms with Gasteiger partial charge in [-0.25, -0.2) is 4.39 Å². The van der Waals surface area contributed by atoms with E-state index < -0.39 is 0 Å². The van der Waals surface area contributed by atoms with Gasteiger partial charge >= 0.3 is 0 Å². The minimum Gasteiger partial charge on any atom is -0.494 e. The molecule has 0 saturated heterocycles. The summed E-state index contributed by atoms with van der Waals surface area (Å²) in [6.07, 6.45) is 4.31. The van der Waals surface area contributed by atoms with Gasteiger partial charge in [0.2, 0.25) is 0 Å². The standard InChI is InChI=1S/C18H20FNO/c1-21-18-8-7-15(11-16(18)19)17(20)10-12-5-6-13-3-2-4-14(13)9-12/h5-9,11,17H,2-4,10,20H2,1H3. The maximum Gasteiger partial charge on any atom is 0.165 e. The second-order valence-corrected chi connectivity index (χ2v) is 5.66. The first-order valence-electron chi connectivity index (χ1n) is 7.37. The molecule has 0 bridgehead atoms. The van der Waals surface area contributed by atoms with Crippen LogP contribution in [-0.4, -0.2) is 7.11 Å². The molecule has 0 fully saturated rings. The van der Waals surface area contributed by atoms with E-state index in [1.807, 2.05) is 6.07 Å². The predicted octanol–water partition coefficient (Wildman–Crippen LogP) is 3.57. The van der Waals surface area contributed by atoms with Crippen molar-refractivity contribution >= 4 is 0 Å². The van der Waals surface area contributed by atoms with Crippen LogP contribution in [0, 0.1) is 5.82 Å². The first kappa shape index (κ1) is 14.1. The highest BCUT2D eigenvalue weighted by atomic mass is 19.1. The molecule has 2 nitrogen and oxygen atoms in total. The fourth-order valence-electron chi connectivity index (χ4n) is 3.04. The Kier molecular flexibility index (Phi) is 3.93. The molecule has 0 spiro atoms. The monoisotopic (exact) mass is 285 g/mol. The molecule has 0 aliphatic heterocycles. The zero-order chi connectivity index (χ0) is 14.8. The highest BCUT2D eigenvalue weighted by Gasteiger charge is 2.14. The van der Waals surface area contributed by atoms with E-state index in [2.05, 4.69) is 18.2 Å². The Morgan fingerprint density at radius 2 is 1.95 bits per heavy atom. The summed E-state index contributed by atoms with van der Waals surface area (Å²) in [7, 11) is 1.46. The molecule has 0 aromatic heterocycles. The lowest BCUT2D eigenvalue weighted by Gasteiger charge is -2.14. The van der Waals surface area contributed by atoms with Crippen molar-refractivity contribution < 1.29 is 9.13 Å². The maximum absolute atomic E-state index is 13.7. The number of methoxy groups -OCH3 is 1. The zero-order valence-electron chi connectivity index (χ0n) is 12.2. The number of rotatable bonds is 4. The maximum atomic E-state index is 13.7. The Morgan fingerprint density at radius 3 is 2.71 bits per heavy atom. The fraction of sp³-hybridized carbons (Fsp3) is 0.333. The molecule has 0 radical (unpaired) electrons. The molecule has 0 amide bonds. The van der Waals surface area contributed by atoms with Crippen LogP contribution in [0.2, 0.25) is 0 Å². The molecule has 1 aliphatic rings. The molecule has 2 N–H and O–H groups in total. The molecular formula is C18H20FNO. The molecule has 2 aromatic rings. The molecule has 2 aromatic carbocycles. The van der Waals surface area contributed by atoms with Gasteiger partial charge in [-0.15, -0.1) is 0 Å². The number of aryl methyl sites for hydroxylation is 2. The molecule has 21 heavy (non-hydrogen) atoms. The molecule has 0 heterocycles. The van der Waals surface area contributed by atoms with Crippen LogP contribution in [0.25, 0.3) is 0 Å². The number of ether oxygens (including phenoxy) is 1. The van der Waals surface area contributed by atoms with Gasteiger partial charge in [0.05, 0.1) is 7.11 Å². The average Bonchev–Trinajstić information content (AvgIpc) is 2.94. The lowest BCUT2D eigenvalue weighted by atomic mass is 9.97. The van der Waals surface area contributed by atoms with Crippen LogP contribution in [-0.2, 0) is 19.3 Å². The number of nitrogens with two attached hydrogens (primary N) is 1. The largest absolute Gasteiger partial charge is 0.494 e. The van der Waals surface area contributed by atoms with Crippen molar-refractivity contribution in [1.29, 1.82) is 0 Å². The molecule has 1 atom stereocenters. The summed E-state index contributed by atoms with van der Waals surface area (Å²) in [5, 5.41) is 0. The van der Waals surface area contributed by atoms with Gasteiger partial charge in [0.1, 0.15) is 0 Å². The van der Waals surface area contributed by atoms with Gasteiger partial charge in [0.15, 0.2) is 11.6 Å². The van der Waals surface area contributed by atoms with Crippen LogP contribution in [0.3, 0.4) is 0 Å². The molecular weight excluding hydrogens is 265 g/mol. The molecule has 1 unspecified atom stereocenters. The lowest BCUT2D eigenvalue weighted by Crippen LogP contribution is -2.14. The van der Waals surface area contributed by atoms with Gasteiger partial charge in [-0.3, -0.25) is 0 Å². The number of benzene rings is 2. The summed E-state index contributed by atoms with van der Waals surface area (Å²) in [5.41, 5.74) is 11.2. The summed E-state index contributed by atoms with van der Waals surface area (Å²) >= 11 is 0. The lowest BCUT2D eigenvalue weighted by molar-refractivity contribution is 0.386. The van der Waals surface area contributed by atoms with Crippen LogP contribution < -0.4 is 10.5 Å². The second-order valence-electron chi connectivity index (χ2n) is 5.66. The summed E-state index contributed by atoms with van der Waals surface area (Å²) in [6, 6.07) is 11.3. The van der Waals surface area contributed by atoms with Crippen LogP contribution in [0.15, 0.2) is 36.4 Å². The van der Waals surface area contributed by atoms with Crippen LogP contribution >= 0.6 is 0 Å². The Balaban J connectivity index is 1.76. The van der Waals surface area contributed by atoms with Gasteiger partial charge in [0, 0.05) is 6.04 Å². The zero-order valence-corrected chi connectivity index (χ0v) is 12.2. The molecule has 3 rings (SSSR count). The number of halogens is 1. The average molecular weight is 285 g/mol. The highest BCUT2D eigenvalue weighted by molar-refractivity contribution is 5.37. The molecule has 110 valence electrons. The predicted molar refractivity (Wildman–Crippen MR) is 82.1 cm³/mol. The highest BCUT2D eigenvalue weighted by Crippen LogP contribution is 2.26. The number of hydrogen-bond donors (Lipinski definition) is 1. The Hall–Kier alpha value is -1.87. The Labute approximate surface area is 124 Å². The van der Waals surface area contributed by atoms with E-state index in [1.54, 1.807) is 6.07 Å². The van der Waals surface area contributed by atoms with Crippen molar-refractivity contribution in [2.45, 2.75) is 31.7 Å². The number of hydrogen-bond acceptors (Lipinski definition) is 2. The first-order valence-corrected chi connectivity index (χ1v) is 7.37. The van der Waals surface area contributed by atoms with E-state index in [0.29, 0.717) is 0 Å². The SMILES string of the molecule is COc1ccc(C(N)Cc2ccc3c(c2)CCC3)cc1F. The summed E-state index contributed by atoms with van der Waals surface area (Å²) in [5.74, 6) is -0.108.